The monoisotopic (exact) mass is 357 g/mol. The van der Waals surface area contributed by atoms with Crippen LogP contribution in [-0.2, 0) is 16.1 Å². The molecule has 0 radical (unpaired) electrons. The molecule has 128 valence electrons. The van der Waals surface area contributed by atoms with Crippen molar-refractivity contribution in [1.82, 2.24) is 10.6 Å². The van der Waals surface area contributed by atoms with Gasteiger partial charge in [0.05, 0.1) is 0 Å². The first-order chi connectivity index (χ1) is 11.2. The smallest absolute Gasteiger partial charge is 0.407 e. The fraction of sp³-hybridized carbons (Fsp3) is 0.467. The maximum Gasteiger partial charge on any atom is 0.407 e. The predicted molar refractivity (Wildman–Crippen MR) is 96.2 cm³/mol. The van der Waals surface area contributed by atoms with Crippen molar-refractivity contribution in [3.63, 3.8) is 0 Å². The molecule has 0 aliphatic heterocycles. The number of nitrogens with two attached hydrogens (primary N) is 1. The summed E-state index contributed by atoms with van der Waals surface area (Å²) >= 11 is 0. The van der Waals surface area contributed by atoms with Crippen LogP contribution in [0.4, 0.5) is 4.79 Å². The van der Waals surface area contributed by atoms with E-state index in [4.69, 9.17) is 10.5 Å². The van der Waals surface area contributed by atoms with Crippen LogP contribution in [0.25, 0.3) is 0 Å². The normalized spacial score (nSPS) is 10.1. The third kappa shape index (κ3) is 10.9. The molecule has 0 heterocycles. The van der Waals surface area contributed by atoms with Crippen molar-refractivity contribution in [2.45, 2.75) is 13.0 Å². The summed E-state index contributed by atoms with van der Waals surface area (Å²) in [5.41, 5.74) is 6.30. The topological polar surface area (TPSA) is 93.5 Å². The summed E-state index contributed by atoms with van der Waals surface area (Å²) < 4.78 is 5.05. The molecule has 0 saturated carbocycles. The zero-order chi connectivity index (χ0) is 16.8. The molecule has 0 fully saturated rings. The Bertz CT molecular complexity index is 461. The van der Waals surface area contributed by atoms with E-state index >= 15 is 0 Å². The summed E-state index contributed by atoms with van der Waals surface area (Å²) in [5, 5.41) is 5.35. The Morgan fingerprint density at radius 1 is 1.04 bits per heavy atom. The van der Waals surface area contributed by atoms with Gasteiger partial charge in [-0.15, -0.1) is 0 Å². The minimum absolute atomic E-state index is 0.0854. The van der Waals surface area contributed by atoms with Gasteiger partial charge in [0, 0.05) is 37.6 Å². The van der Waals surface area contributed by atoms with Crippen LogP contribution in [0.15, 0.2) is 30.3 Å². The molecular weight excluding hydrogens is 334 g/mol. The van der Waals surface area contributed by atoms with Crippen molar-refractivity contribution in [3.05, 3.63) is 35.9 Å². The molecule has 1 aromatic carbocycles. The SMILES string of the molecule is NCCSSCCNC(=O)CCNC(=O)OCc1ccccc1. The summed E-state index contributed by atoms with van der Waals surface area (Å²) in [4.78, 5) is 23.0. The summed E-state index contributed by atoms with van der Waals surface area (Å²) in [6, 6.07) is 9.42. The maximum atomic E-state index is 11.6. The lowest BCUT2D eigenvalue weighted by atomic mass is 10.2. The number of carbonyl (C=O) groups is 2. The van der Waals surface area contributed by atoms with Crippen LogP contribution < -0.4 is 16.4 Å². The number of ether oxygens (including phenoxy) is 1. The van der Waals surface area contributed by atoms with Crippen LogP contribution in [0.3, 0.4) is 0 Å². The van der Waals surface area contributed by atoms with Gasteiger partial charge in [0.1, 0.15) is 6.61 Å². The molecule has 0 aromatic heterocycles. The molecule has 8 heteroatoms. The third-order valence-corrected chi connectivity index (χ3v) is 5.07. The van der Waals surface area contributed by atoms with Gasteiger partial charge in [0.15, 0.2) is 0 Å². The quantitative estimate of drug-likeness (QED) is 0.413. The molecule has 23 heavy (non-hydrogen) atoms. The van der Waals surface area contributed by atoms with Gasteiger partial charge in [-0.1, -0.05) is 51.9 Å². The number of hydrogen-bond acceptors (Lipinski definition) is 6. The molecule has 0 atom stereocenters. The zero-order valence-electron chi connectivity index (χ0n) is 13.0. The van der Waals surface area contributed by atoms with Gasteiger partial charge < -0.3 is 21.1 Å². The first-order valence-corrected chi connectivity index (χ1v) is 9.87. The van der Waals surface area contributed by atoms with E-state index in [1.807, 2.05) is 30.3 Å². The Morgan fingerprint density at radius 2 is 1.78 bits per heavy atom. The molecule has 0 spiro atoms. The summed E-state index contributed by atoms with van der Waals surface area (Å²) in [5.74, 6) is 1.66. The lowest BCUT2D eigenvalue weighted by Gasteiger charge is -2.07. The highest BCUT2D eigenvalue weighted by atomic mass is 33.1. The second kappa shape index (κ2) is 13.1. The fourth-order valence-corrected chi connectivity index (χ4v) is 3.30. The van der Waals surface area contributed by atoms with Gasteiger partial charge in [-0.3, -0.25) is 4.79 Å². The molecule has 1 aromatic rings. The van der Waals surface area contributed by atoms with Crippen molar-refractivity contribution < 1.29 is 14.3 Å². The van der Waals surface area contributed by atoms with E-state index in [9.17, 15) is 9.59 Å². The fourth-order valence-electron chi connectivity index (χ4n) is 1.54. The van der Waals surface area contributed by atoms with Crippen LogP contribution in [0.2, 0.25) is 0 Å². The number of hydrogen-bond donors (Lipinski definition) is 3. The molecule has 4 N–H and O–H groups in total. The second-order valence-corrected chi connectivity index (χ2v) is 7.22. The summed E-state index contributed by atoms with van der Waals surface area (Å²) in [6.07, 6.45) is -0.281. The lowest BCUT2D eigenvalue weighted by Crippen LogP contribution is -2.31. The number of rotatable bonds is 11. The van der Waals surface area contributed by atoms with Crippen LogP contribution >= 0.6 is 21.6 Å². The van der Waals surface area contributed by atoms with Crippen LogP contribution in [0, 0.1) is 0 Å². The van der Waals surface area contributed by atoms with Gasteiger partial charge in [0.2, 0.25) is 5.91 Å². The highest BCUT2D eigenvalue weighted by Gasteiger charge is 2.05. The Balaban J connectivity index is 1.98. The Labute approximate surface area is 144 Å². The molecule has 0 unspecified atom stereocenters. The van der Waals surface area contributed by atoms with Crippen LogP contribution in [-0.4, -0.2) is 43.1 Å². The van der Waals surface area contributed by atoms with Crippen molar-refractivity contribution in [1.29, 1.82) is 0 Å². The van der Waals surface area contributed by atoms with Crippen molar-refractivity contribution in [2.75, 3.05) is 31.1 Å². The first kappa shape index (κ1) is 19.7. The maximum absolute atomic E-state index is 11.6. The van der Waals surface area contributed by atoms with Crippen molar-refractivity contribution in [2.24, 2.45) is 5.73 Å². The highest BCUT2D eigenvalue weighted by Crippen LogP contribution is 2.18. The minimum Gasteiger partial charge on any atom is -0.445 e. The first-order valence-electron chi connectivity index (χ1n) is 7.38. The van der Waals surface area contributed by atoms with Crippen LogP contribution in [0.1, 0.15) is 12.0 Å². The molecular formula is C15H23N3O3S2. The molecule has 6 nitrogen and oxygen atoms in total. The molecule has 1 rings (SSSR count). The minimum atomic E-state index is -0.518. The Kier molecular flexibility index (Phi) is 11.2. The molecule has 0 aliphatic rings. The van der Waals surface area contributed by atoms with Crippen molar-refractivity contribution >= 4 is 33.6 Å². The standard InChI is InChI=1S/C15H23N3O3S2/c16-7-10-22-23-11-9-17-14(19)6-8-18-15(20)21-12-13-4-2-1-3-5-13/h1-5H,6-12,16H2,(H,17,19)(H,18,20). The van der Waals surface area contributed by atoms with E-state index in [2.05, 4.69) is 10.6 Å². The predicted octanol–water partition coefficient (Wildman–Crippen LogP) is 1.76. The van der Waals surface area contributed by atoms with Gasteiger partial charge in [-0.2, -0.15) is 0 Å². The van der Waals surface area contributed by atoms with E-state index in [0.29, 0.717) is 13.1 Å². The molecule has 0 bridgehead atoms. The molecule has 0 saturated heterocycles. The van der Waals surface area contributed by atoms with Crippen molar-refractivity contribution in [3.8, 4) is 0 Å². The lowest BCUT2D eigenvalue weighted by molar-refractivity contribution is -0.120. The van der Waals surface area contributed by atoms with Gasteiger partial charge in [0.25, 0.3) is 0 Å². The van der Waals surface area contributed by atoms with E-state index in [1.54, 1.807) is 21.6 Å². The van der Waals surface area contributed by atoms with E-state index < -0.39 is 6.09 Å². The second-order valence-electron chi connectivity index (χ2n) is 4.52. The molecule has 2 amide bonds. The zero-order valence-corrected chi connectivity index (χ0v) is 14.6. The largest absolute Gasteiger partial charge is 0.445 e. The number of alkyl carbamates (subject to hydrolysis) is 1. The van der Waals surface area contributed by atoms with Gasteiger partial charge in [-0.05, 0) is 5.56 Å². The Morgan fingerprint density at radius 3 is 2.52 bits per heavy atom. The Hall–Kier alpha value is -1.38. The van der Waals surface area contributed by atoms with Crippen LogP contribution in [0.5, 0.6) is 0 Å². The number of amides is 2. The third-order valence-electron chi connectivity index (χ3n) is 2.63. The van der Waals surface area contributed by atoms with E-state index in [-0.39, 0.29) is 25.5 Å². The average Bonchev–Trinajstić information content (AvgIpc) is 2.57. The van der Waals surface area contributed by atoms with Gasteiger partial charge in [-0.25, -0.2) is 4.79 Å². The summed E-state index contributed by atoms with van der Waals surface area (Å²) in [7, 11) is 3.38. The summed E-state index contributed by atoms with van der Waals surface area (Å²) in [6.45, 7) is 1.75. The number of nitrogens with one attached hydrogen (secondary N) is 2. The van der Waals surface area contributed by atoms with E-state index in [0.717, 1.165) is 17.1 Å². The number of carbonyl (C=O) groups excluding carboxylic acids is 2. The average molecular weight is 358 g/mol. The highest BCUT2D eigenvalue weighted by molar-refractivity contribution is 8.76. The van der Waals surface area contributed by atoms with E-state index in [1.165, 1.54) is 0 Å². The number of benzene rings is 1. The molecule has 0 aliphatic carbocycles. The van der Waals surface area contributed by atoms with Gasteiger partial charge >= 0.3 is 6.09 Å².